The van der Waals surface area contributed by atoms with Gasteiger partial charge in [-0.05, 0) is 59.4 Å². The SMILES string of the molecule is O=c1/c(=C\c2cccc(Cl)c2Cl)sc2n1[C@H](c1ccc(Br)cc1)C1=C(N=2)c2ccccc2CC1. The van der Waals surface area contributed by atoms with Gasteiger partial charge in [-0.3, -0.25) is 9.36 Å². The number of hydrogen-bond donors (Lipinski definition) is 0. The molecule has 2 aliphatic rings. The molecule has 0 bridgehead atoms. The van der Waals surface area contributed by atoms with Crippen LogP contribution in [0.25, 0.3) is 11.8 Å². The molecule has 3 nitrogen and oxygen atoms in total. The standard InChI is InChI=1S/C27H17BrCl2N2OS/c28-18-11-8-16(9-12-18)25-20-13-10-15-4-1-2-6-19(15)24(20)31-27-32(25)26(33)22(34-27)14-17-5-3-7-21(29)23(17)30/h1-9,11-12,14,25H,10,13H2/b22-14+/t25-/m1/s1. The molecular weight excluding hydrogens is 551 g/mol. The van der Waals surface area contributed by atoms with Gasteiger partial charge in [0, 0.05) is 10.0 Å². The Bertz CT molecular complexity index is 1670. The topological polar surface area (TPSA) is 34.4 Å². The van der Waals surface area contributed by atoms with Gasteiger partial charge < -0.3 is 0 Å². The summed E-state index contributed by atoms with van der Waals surface area (Å²) in [5.41, 5.74) is 6.33. The van der Waals surface area contributed by atoms with Gasteiger partial charge in [-0.25, -0.2) is 4.99 Å². The summed E-state index contributed by atoms with van der Waals surface area (Å²) < 4.78 is 3.42. The van der Waals surface area contributed by atoms with E-state index in [1.165, 1.54) is 22.5 Å². The van der Waals surface area contributed by atoms with E-state index in [0.29, 0.717) is 24.9 Å². The van der Waals surface area contributed by atoms with E-state index < -0.39 is 0 Å². The fraction of sp³-hybridized carbons (Fsp3) is 0.111. The summed E-state index contributed by atoms with van der Waals surface area (Å²) in [5.74, 6) is 0. The molecule has 0 amide bonds. The lowest BCUT2D eigenvalue weighted by Crippen LogP contribution is -2.38. The Morgan fingerprint density at radius 3 is 2.62 bits per heavy atom. The third-order valence-electron chi connectivity index (χ3n) is 6.33. The van der Waals surface area contributed by atoms with Gasteiger partial charge in [-0.1, -0.05) is 99.0 Å². The highest BCUT2D eigenvalue weighted by Gasteiger charge is 2.32. The van der Waals surface area contributed by atoms with Crippen LogP contribution in [0.1, 0.15) is 34.7 Å². The van der Waals surface area contributed by atoms with Gasteiger partial charge in [0.25, 0.3) is 5.56 Å². The van der Waals surface area contributed by atoms with E-state index >= 15 is 0 Å². The first kappa shape index (κ1) is 22.1. The summed E-state index contributed by atoms with van der Waals surface area (Å²) in [5, 5.41) is 0.899. The lowest BCUT2D eigenvalue weighted by atomic mass is 9.83. The molecule has 3 aromatic carbocycles. The number of nitrogens with zero attached hydrogens (tertiary/aromatic N) is 2. The number of allylic oxidation sites excluding steroid dienone is 1. The smallest absolute Gasteiger partial charge is 0.271 e. The molecule has 34 heavy (non-hydrogen) atoms. The van der Waals surface area contributed by atoms with Crippen molar-refractivity contribution in [3.05, 3.63) is 129 Å². The summed E-state index contributed by atoms with van der Waals surface area (Å²) in [6.07, 6.45) is 3.61. The lowest BCUT2D eigenvalue weighted by Gasteiger charge is -2.30. The van der Waals surface area contributed by atoms with Gasteiger partial charge in [0.15, 0.2) is 4.80 Å². The monoisotopic (exact) mass is 566 g/mol. The van der Waals surface area contributed by atoms with E-state index in [1.54, 1.807) is 6.07 Å². The lowest BCUT2D eigenvalue weighted by molar-refractivity contribution is 0.585. The minimum atomic E-state index is -0.204. The first-order chi connectivity index (χ1) is 16.5. The number of benzene rings is 3. The molecule has 1 aliphatic carbocycles. The van der Waals surface area contributed by atoms with Gasteiger partial charge >= 0.3 is 0 Å². The van der Waals surface area contributed by atoms with Crippen molar-refractivity contribution in [2.75, 3.05) is 0 Å². The number of halogens is 3. The molecule has 7 heteroatoms. The van der Waals surface area contributed by atoms with E-state index in [2.05, 4.69) is 52.3 Å². The largest absolute Gasteiger partial charge is 0.272 e. The third-order valence-corrected chi connectivity index (χ3v) is 8.67. The molecule has 1 aliphatic heterocycles. The van der Waals surface area contributed by atoms with E-state index in [4.69, 9.17) is 28.2 Å². The van der Waals surface area contributed by atoms with Crippen LogP contribution in [0.2, 0.25) is 10.0 Å². The van der Waals surface area contributed by atoms with Crippen molar-refractivity contribution in [1.29, 1.82) is 0 Å². The van der Waals surface area contributed by atoms with Gasteiger partial charge in [0.05, 0.1) is 26.3 Å². The van der Waals surface area contributed by atoms with Crippen molar-refractivity contribution in [2.45, 2.75) is 18.9 Å². The van der Waals surface area contributed by atoms with Crippen LogP contribution in [-0.2, 0) is 6.42 Å². The Labute approximate surface area is 218 Å². The summed E-state index contributed by atoms with van der Waals surface area (Å²) in [7, 11) is 0. The Hall–Kier alpha value is -2.44. The first-order valence-corrected chi connectivity index (χ1v) is 13.2. The van der Waals surface area contributed by atoms with Gasteiger partial charge in [0.1, 0.15) is 0 Å². The molecule has 0 spiro atoms. The summed E-state index contributed by atoms with van der Waals surface area (Å²) in [6.45, 7) is 0. The average molecular weight is 568 g/mol. The second-order valence-electron chi connectivity index (χ2n) is 8.31. The Balaban J connectivity index is 1.64. The molecule has 2 heterocycles. The van der Waals surface area contributed by atoms with E-state index in [9.17, 15) is 4.79 Å². The normalized spacial score (nSPS) is 17.1. The van der Waals surface area contributed by atoms with Crippen molar-refractivity contribution < 1.29 is 0 Å². The molecule has 1 aromatic heterocycles. The Morgan fingerprint density at radius 2 is 1.79 bits per heavy atom. The maximum atomic E-state index is 13.8. The first-order valence-electron chi connectivity index (χ1n) is 10.8. The third kappa shape index (κ3) is 3.62. The van der Waals surface area contributed by atoms with Crippen molar-refractivity contribution in [3.8, 4) is 0 Å². The van der Waals surface area contributed by atoms with Gasteiger partial charge in [0.2, 0.25) is 0 Å². The fourth-order valence-electron chi connectivity index (χ4n) is 4.74. The predicted octanol–water partition coefficient (Wildman–Crippen LogP) is 6.39. The Morgan fingerprint density at radius 1 is 1.00 bits per heavy atom. The number of rotatable bonds is 2. The molecule has 6 rings (SSSR count). The van der Waals surface area contributed by atoms with Crippen molar-refractivity contribution >= 4 is 62.2 Å². The summed E-state index contributed by atoms with van der Waals surface area (Å²) >= 11 is 17.5. The quantitative estimate of drug-likeness (QED) is 0.276. The molecule has 4 aromatic rings. The van der Waals surface area contributed by atoms with Gasteiger partial charge in [-0.15, -0.1) is 0 Å². The molecular formula is C27H17BrCl2N2OS. The van der Waals surface area contributed by atoms with Crippen LogP contribution in [0, 0.1) is 0 Å². The van der Waals surface area contributed by atoms with E-state index in [0.717, 1.165) is 34.1 Å². The van der Waals surface area contributed by atoms with Crippen LogP contribution in [0.5, 0.6) is 0 Å². The zero-order valence-electron chi connectivity index (χ0n) is 17.8. The van der Waals surface area contributed by atoms with Crippen LogP contribution in [0.4, 0.5) is 0 Å². The highest BCUT2D eigenvalue weighted by atomic mass is 79.9. The molecule has 168 valence electrons. The number of hydrogen-bond acceptors (Lipinski definition) is 3. The second-order valence-corrected chi connectivity index (χ2v) is 11.0. The molecule has 0 saturated heterocycles. The summed E-state index contributed by atoms with van der Waals surface area (Å²) in [6, 6.07) is 21.8. The second kappa shape index (κ2) is 8.65. The Kier molecular flexibility index (Phi) is 5.61. The van der Waals surface area contributed by atoms with Gasteiger partial charge in [-0.2, -0.15) is 0 Å². The predicted molar refractivity (Wildman–Crippen MR) is 143 cm³/mol. The van der Waals surface area contributed by atoms with Crippen molar-refractivity contribution in [1.82, 2.24) is 4.57 Å². The number of fused-ring (bicyclic) bond motifs is 3. The minimum Gasteiger partial charge on any atom is -0.272 e. The van der Waals surface area contributed by atoms with Crippen LogP contribution < -0.4 is 14.9 Å². The highest BCUT2D eigenvalue weighted by molar-refractivity contribution is 9.10. The number of aryl methyl sites for hydroxylation is 1. The van der Waals surface area contributed by atoms with Crippen molar-refractivity contribution in [2.24, 2.45) is 4.99 Å². The van der Waals surface area contributed by atoms with Crippen molar-refractivity contribution in [3.63, 3.8) is 0 Å². The fourth-order valence-corrected chi connectivity index (χ4v) is 6.36. The van der Waals surface area contributed by atoms with E-state index in [1.807, 2.05) is 34.9 Å². The maximum Gasteiger partial charge on any atom is 0.271 e. The zero-order chi connectivity index (χ0) is 23.4. The summed E-state index contributed by atoms with van der Waals surface area (Å²) in [4.78, 5) is 19.5. The minimum absolute atomic E-state index is 0.0712. The zero-order valence-corrected chi connectivity index (χ0v) is 21.7. The molecule has 0 N–H and O–H groups in total. The maximum absolute atomic E-state index is 13.8. The van der Waals surface area contributed by atoms with Crippen LogP contribution in [-0.4, -0.2) is 4.57 Å². The molecule has 0 fully saturated rings. The van der Waals surface area contributed by atoms with Crippen LogP contribution >= 0.6 is 50.5 Å². The van der Waals surface area contributed by atoms with E-state index in [-0.39, 0.29) is 11.6 Å². The average Bonchev–Trinajstić information content (AvgIpc) is 3.16. The highest BCUT2D eigenvalue weighted by Crippen LogP contribution is 2.41. The number of aromatic nitrogens is 1. The van der Waals surface area contributed by atoms with Crippen LogP contribution in [0.3, 0.4) is 0 Å². The molecule has 0 saturated carbocycles. The number of thiazole rings is 1. The molecule has 0 unspecified atom stereocenters. The van der Waals surface area contributed by atoms with Crippen LogP contribution in [0.15, 0.2) is 86.6 Å². The molecule has 1 atom stereocenters. The molecule has 0 radical (unpaired) electrons.